The van der Waals surface area contributed by atoms with E-state index in [1.165, 1.54) is 32.0 Å². The molecule has 0 aromatic carbocycles. The fraction of sp³-hybridized carbons (Fsp3) is 0.583. The zero-order chi connectivity index (χ0) is 12.8. The van der Waals surface area contributed by atoms with Gasteiger partial charge in [-0.3, -0.25) is 4.79 Å². The molecule has 0 amide bonds. The van der Waals surface area contributed by atoms with Crippen LogP contribution >= 0.6 is 0 Å². The van der Waals surface area contributed by atoms with Crippen molar-refractivity contribution in [1.82, 2.24) is 9.97 Å². The highest BCUT2D eigenvalue weighted by Gasteiger charge is 2.16. The van der Waals surface area contributed by atoms with Gasteiger partial charge in [-0.25, -0.2) is 9.97 Å². The van der Waals surface area contributed by atoms with Crippen LogP contribution in [0.5, 0.6) is 0 Å². The predicted octanol–water partition coefficient (Wildman–Crippen LogP) is 1.58. The monoisotopic (exact) mass is 250 g/mol. The Labute approximate surface area is 106 Å². The molecule has 1 saturated carbocycles. The molecule has 0 aliphatic heterocycles. The van der Waals surface area contributed by atoms with Gasteiger partial charge in [0.05, 0.1) is 0 Å². The highest BCUT2D eigenvalue weighted by Crippen LogP contribution is 2.29. The number of anilines is 2. The minimum Gasteiger partial charge on any atom is -0.480 e. The first-order chi connectivity index (χ1) is 8.74. The lowest BCUT2D eigenvalue weighted by Crippen LogP contribution is -2.16. The number of nitrogens with one attached hydrogen (secondary N) is 2. The van der Waals surface area contributed by atoms with E-state index < -0.39 is 5.97 Å². The number of carboxylic acids is 1. The van der Waals surface area contributed by atoms with E-state index in [9.17, 15) is 4.79 Å². The van der Waals surface area contributed by atoms with Gasteiger partial charge >= 0.3 is 5.97 Å². The summed E-state index contributed by atoms with van der Waals surface area (Å²) in [5.74, 6) is 1.22. The Kier molecular flexibility index (Phi) is 4.33. The van der Waals surface area contributed by atoms with E-state index in [0.717, 1.165) is 18.3 Å². The Morgan fingerprint density at radius 2 is 2.06 bits per heavy atom. The van der Waals surface area contributed by atoms with Gasteiger partial charge in [-0.1, -0.05) is 19.3 Å². The molecule has 0 bridgehead atoms. The lowest BCUT2D eigenvalue weighted by molar-refractivity contribution is -0.134. The summed E-state index contributed by atoms with van der Waals surface area (Å²) in [6.07, 6.45) is 6.65. The van der Waals surface area contributed by atoms with Gasteiger partial charge in [-0.2, -0.15) is 0 Å². The minimum absolute atomic E-state index is 0.140. The summed E-state index contributed by atoms with van der Waals surface area (Å²) in [4.78, 5) is 18.5. The van der Waals surface area contributed by atoms with E-state index in [1.54, 1.807) is 6.07 Å². The molecule has 6 heteroatoms. The third kappa shape index (κ3) is 3.87. The van der Waals surface area contributed by atoms with Crippen molar-refractivity contribution in [2.24, 2.45) is 5.92 Å². The van der Waals surface area contributed by atoms with Crippen LogP contribution in [-0.4, -0.2) is 34.1 Å². The second kappa shape index (κ2) is 6.18. The molecule has 1 aromatic rings. The standard InChI is InChI=1S/C12H18N4O2/c17-12(18)7-14-11-6-10(15-8-16-11)13-5-4-9-2-1-3-9/h6,8-9H,1-5,7H2,(H,17,18)(H2,13,14,15,16). The van der Waals surface area contributed by atoms with Gasteiger partial charge < -0.3 is 15.7 Å². The van der Waals surface area contributed by atoms with Crippen LogP contribution in [0.2, 0.25) is 0 Å². The molecule has 1 aromatic heterocycles. The van der Waals surface area contributed by atoms with Crippen LogP contribution in [0.15, 0.2) is 12.4 Å². The molecule has 6 nitrogen and oxygen atoms in total. The second-order valence-electron chi connectivity index (χ2n) is 4.55. The predicted molar refractivity (Wildman–Crippen MR) is 68.6 cm³/mol. The molecule has 0 unspecified atom stereocenters. The van der Waals surface area contributed by atoms with E-state index in [4.69, 9.17) is 5.11 Å². The normalized spacial score (nSPS) is 14.9. The molecule has 0 atom stereocenters. The largest absolute Gasteiger partial charge is 0.480 e. The van der Waals surface area contributed by atoms with E-state index >= 15 is 0 Å². The highest BCUT2D eigenvalue weighted by molar-refractivity contribution is 5.72. The molecule has 1 aliphatic rings. The van der Waals surface area contributed by atoms with E-state index in [1.807, 2.05) is 0 Å². The summed E-state index contributed by atoms with van der Waals surface area (Å²) in [6, 6.07) is 1.73. The zero-order valence-electron chi connectivity index (χ0n) is 10.2. The average Bonchev–Trinajstić information content (AvgIpc) is 2.30. The quantitative estimate of drug-likeness (QED) is 0.681. The zero-order valence-corrected chi connectivity index (χ0v) is 10.2. The first-order valence-corrected chi connectivity index (χ1v) is 6.25. The fourth-order valence-corrected chi connectivity index (χ4v) is 1.90. The van der Waals surface area contributed by atoms with Crippen LogP contribution in [0.25, 0.3) is 0 Å². The SMILES string of the molecule is O=C(O)CNc1cc(NCCC2CCC2)ncn1. The first-order valence-electron chi connectivity index (χ1n) is 6.25. The second-order valence-corrected chi connectivity index (χ2v) is 4.55. The number of carbonyl (C=O) groups is 1. The average molecular weight is 250 g/mol. The Morgan fingerprint density at radius 1 is 1.33 bits per heavy atom. The molecular formula is C12H18N4O2. The van der Waals surface area contributed by atoms with Gasteiger partial charge in [0.25, 0.3) is 0 Å². The van der Waals surface area contributed by atoms with Crippen LogP contribution in [-0.2, 0) is 4.79 Å². The van der Waals surface area contributed by atoms with E-state index in [2.05, 4.69) is 20.6 Å². The van der Waals surface area contributed by atoms with Gasteiger partial charge in [-0.05, 0) is 12.3 Å². The minimum atomic E-state index is -0.909. The molecule has 1 fully saturated rings. The number of nitrogens with zero attached hydrogens (tertiary/aromatic N) is 2. The van der Waals surface area contributed by atoms with Crippen molar-refractivity contribution in [2.45, 2.75) is 25.7 Å². The Hall–Kier alpha value is -1.85. The summed E-state index contributed by atoms with van der Waals surface area (Å²) >= 11 is 0. The first kappa shape index (κ1) is 12.6. The maximum Gasteiger partial charge on any atom is 0.322 e. The topological polar surface area (TPSA) is 87.1 Å². The van der Waals surface area contributed by atoms with Crippen molar-refractivity contribution in [3.05, 3.63) is 12.4 Å². The van der Waals surface area contributed by atoms with Crippen molar-refractivity contribution in [1.29, 1.82) is 0 Å². The van der Waals surface area contributed by atoms with Crippen LogP contribution in [0.3, 0.4) is 0 Å². The van der Waals surface area contributed by atoms with Crippen LogP contribution in [0.1, 0.15) is 25.7 Å². The summed E-state index contributed by atoms with van der Waals surface area (Å²) in [5.41, 5.74) is 0. The van der Waals surface area contributed by atoms with Crippen LogP contribution in [0.4, 0.5) is 11.6 Å². The number of rotatable bonds is 7. The molecule has 1 heterocycles. The van der Waals surface area contributed by atoms with Crippen molar-refractivity contribution >= 4 is 17.6 Å². The number of hydrogen-bond acceptors (Lipinski definition) is 5. The van der Waals surface area contributed by atoms with Gasteiger partial charge in [0.2, 0.25) is 0 Å². The van der Waals surface area contributed by atoms with Crippen LogP contribution in [0, 0.1) is 5.92 Å². The van der Waals surface area contributed by atoms with Crippen LogP contribution < -0.4 is 10.6 Å². The van der Waals surface area contributed by atoms with Crippen molar-refractivity contribution in [3.63, 3.8) is 0 Å². The molecule has 98 valence electrons. The maximum absolute atomic E-state index is 10.4. The lowest BCUT2D eigenvalue weighted by atomic mass is 9.83. The molecule has 1 aliphatic carbocycles. The van der Waals surface area contributed by atoms with Gasteiger partial charge in [0, 0.05) is 12.6 Å². The smallest absolute Gasteiger partial charge is 0.322 e. The Balaban J connectivity index is 1.76. The van der Waals surface area contributed by atoms with Crippen molar-refractivity contribution < 1.29 is 9.90 Å². The number of hydrogen-bond donors (Lipinski definition) is 3. The van der Waals surface area contributed by atoms with Crippen molar-refractivity contribution in [3.8, 4) is 0 Å². The Bertz CT molecular complexity index is 407. The molecule has 0 radical (unpaired) electrons. The molecule has 3 N–H and O–H groups in total. The number of aliphatic carboxylic acids is 1. The molecule has 0 spiro atoms. The molecule has 18 heavy (non-hydrogen) atoms. The maximum atomic E-state index is 10.4. The Morgan fingerprint density at radius 3 is 2.67 bits per heavy atom. The van der Waals surface area contributed by atoms with Gasteiger partial charge in [0.15, 0.2) is 0 Å². The van der Waals surface area contributed by atoms with E-state index in [0.29, 0.717) is 5.82 Å². The number of carboxylic acid groups (broad SMARTS) is 1. The summed E-state index contributed by atoms with van der Waals surface area (Å²) in [7, 11) is 0. The summed E-state index contributed by atoms with van der Waals surface area (Å²) in [5, 5.41) is 14.5. The number of aromatic nitrogens is 2. The third-order valence-corrected chi connectivity index (χ3v) is 3.17. The molecule has 0 saturated heterocycles. The van der Waals surface area contributed by atoms with E-state index in [-0.39, 0.29) is 6.54 Å². The van der Waals surface area contributed by atoms with Crippen molar-refractivity contribution in [2.75, 3.05) is 23.7 Å². The van der Waals surface area contributed by atoms with Gasteiger partial charge in [0.1, 0.15) is 24.5 Å². The fourth-order valence-electron chi connectivity index (χ4n) is 1.90. The lowest BCUT2D eigenvalue weighted by Gasteiger charge is -2.25. The molecular weight excluding hydrogens is 232 g/mol. The highest BCUT2D eigenvalue weighted by atomic mass is 16.4. The summed E-state index contributed by atoms with van der Waals surface area (Å²) < 4.78 is 0. The van der Waals surface area contributed by atoms with Gasteiger partial charge in [-0.15, -0.1) is 0 Å². The summed E-state index contributed by atoms with van der Waals surface area (Å²) in [6.45, 7) is 0.762. The molecule has 2 rings (SSSR count). The third-order valence-electron chi connectivity index (χ3n) is 3.17.